The number of rotatable bonds is 8. The van der Waals surface area contributed by atoms with Gasteiger partial charge in [-0.15, -0.1) is 0 Å². The zero-order valence-electron chi connectivity index (χ0n) is 17.1. The fourth-order valence-corrected chi connectivity index (χ4v) is 3.59. The highest BCUT2D eigenvalue weighted by Gasteiger charge is 2.29. The van der Waals surface area contributed by atoms with Crippen LogP contribution in [0.15, 0.2) is 24.4 Å². The molecule has 3 rings (SSSR count). The molecule has 0 saturated heterocycles. The van der Waals surface area contributed by atoms with Crippen LogP contribution in [0.3, 0.4) is 0 Å². The predicted octanol–water partition coefficient (Wildman–Crippen LogP) is 3.26. The van der Waals surface area contributed by atoms with Crippen LogP contribution in [0.5, 0.6) is 5.75 Å². The quantitative estimate of drug-likeness (QED) is 0.621. The highest BCUT2D eigenvalue weighted by molar-refractivity contribution is 5.91. The van der Waals surface area contributed by atoms with Gasteiger partial charge in [-0.2, -0.15) is 4.39 Å². The van der Waals surface area contributed by atoms with Crippen molar-refractivity contribution in [3.63, 3.8) is 0 Å². The third-order valence-electron chi connectivity index (χ3n) is 5.38. The van der Waals surface area contributed by atoms with Crippen molar-refractivity contribution in [3.8, 4) is 5.75 Å². The monoisotopic (exact) mass is 435 g/mol. The molecule has 6 nitrogen and oxygen atoms in total. The van der Waals surface area contributed by atoms with Gasteiger partial charge in [0.05, 0.1) is 6.04 Å². The van der Waals surface area contributed by atoms with Gasteiger partial charge in [0.15, 0.2) is 23.2 Å². The number of benzene rings is 1. The van der Waals surface area contributed by atoms with E-state index in [-0.39, 0.29) is 23.8 Å². The number of aromatic nitrogens is 1. The van der Waals surface area contributed by atoms with Gasteiger partial charge in [0.2, 0.25) is 11.7 Å². The van der Waals surface area contributed by atoms with Crippen LogP contribution >= 0.6 is 0 Å². The standard InChI is InChI=1S/C22H24F3N3O3/c1-12-8-15(23)20(25)21(19(12)24)31-11-17(29)16(9-13-6-7-18(26)27-10-13)28-22(30)14-4-2-3-5-14/h6-8,10,14,16H,2-5,9,11H2,1H3,(H2,26,27)(H,28,30). The Morgan fingerprint density at radius 1 is 1.23 bits per heavy atom. The molecule has 1 heterocycles. The molecule has 1 aromatic heterocycles. The molecule has 2 aromatic rings. The van der Waals surface area contributed by atoms with Crippen LogP contribution in [0.2, 0.25) is 0 Å². The number of pyridine rings is 1. The molecule has 1 aromatic carbocycles. The van der Waals surface area contributed by atoms with Crippen LogP contribution in [0.1, 0.15) is 36.8 Å². The minimum Gasteiger partial charge on any atom is -0.480 e. The van der Waals surface area contributed by atoms with E-state index in [0.29, 0.717) is 17.4 Å². The summed E-state index contributed by atoms with van der Waals surface area (Å²) in [7, 11) is 0. The lowest BCUT2D eigenvalue weighted by atomic mass is 10.0. The van der Waals surface area contributed by atoms with Crippen molar-refractivity contribution in [2.24, 2.45) is 5.92 Å². The lowest BCUT2D eigenvalue weighted by molar-refractivity contribution is -0.131. The molecule has 31 heavy (non-hydrogen) atoms. The minimum atomic E-state index is -1.51. The number of nitrogen functional groups attached to an aromatic ring is 1. The Kier molecular flexibility index (Phi) is 7.14. The number of ether oxygens (including phenoxy) is 1. The Morgan fingerprint density at radius 3 is 2.58 bits per heavy atom. The molecule has 1 saturated carbocycles. The third kappa shape index (κ3) is 5.53. The maximum Gasteiger partial charge on any atom is 0.223 e. The lowest BCUT2D eigenvalue weighted by Crippen LogP contribution is -2.46. The zero-order chi connectivity index (χ0) is 22.5. The molecule has 1 atom stereocenters. The molecule has 0 aliphatic heterocycles. The zero-order valence-corrected chi connectivity index (χ0v) is 17.1. The van der Waals surface area contributed by atoms with E-state index in [1.165, 1.54) is 13.1 Å². The van der Waals surface area contributed by atoms with E-state index in [4.69, 9.17) is 10.5 Å². The molecule has 0 radical (unpaired) electrons. The Labute approximate surface area is 178 Å². The largest absolute Gasteiger partial charge is 0.480 e. The van der Waals surface area contributed by atoms with E-state index in [0.717, 1.165) is 25.7 Å². The van der Waals surface area contributed by atoms with E-state index >= 15 is 0 Å². The molecule has 0 bridgehead atoms. The van der Waals surface area contributed by atoms with Crippen molar-refractivity contribution >= 4 is 17.5 Å². The fraction of sp³-hybridized carbons (Fsp3) is 0.409. The van der Waals surface area contributed by atoms with Crippen molar-refractivity contribution in [3.05, 3.63) is 53.0 Å². The summed E-state index contributed by atoms with van der Waals surface area (Å²) in [6.07, 6.45) is 4.95. The lowest BCUT2D eigenvalue weighted by Gasteiger charge is -2.20. The maximum atomic E-state index is 14.2. The van der Waals surface area contributed by atoms with Crippen LogP contribution in [-0.4, -0.2) is 29.3 Å². The second kappa shape index (κ2) is 9.80. The first-order valence-corrected chi connectivity index (χ1v) is 10.1. The summed E-state index contributed by atoms with van der Waals surface area (Å²) in [5, 5.41) is 2.72. The third-order valence-corrected chi connectivity index (χ3v) is 5.38. The fourth-order valence-electron chi connectivity index (χ4n) is 3.59. The smallest absolute Gasteiger partial charge is 0.223 e. The molecule has 1 aliphatic rings. The molecule has 9 heteroatoms. The van der Waals surface area contributed by atoms with Gasteiger partial charge in [-0.05, 0) is 43.0 Å². The maximum absolute atomic E-state index is 14.2. The van der Waals surface area contributed by atoms with Crippen LogP contribution in [-0.2, 0) is 16.0 Å². The number of halogens is 3. The van der Waals surface area contributed by atoms with Crippen molar-refractivity contribution in [2.45, 2.75) is 45.1 Å². The second-order valence-electron chi connectivity index (χ2n) is 7.73. The molecule has 1 aliphatic carbocycles. The summed E-state index contributed by atoms with van der Waals surface area (Å²) in [5.74, 6) is -5.56. The van der Waals surface area contributed by atoms with Crippen LogP contribution < -0.4 is 15.8 Å². The molecular formula is C22H24F3N3O3. The summed E-state index contributed by atoms with van der Waals surface area (Å²) in [6.45, 7) is 0.514. The van der Waals surface area contributed by atoms with E-state index in [2.05, 4.69) is 10.3 Å². The van der Waals surface area contributed by atoms with Crippen LogP contribution in [0.4, 0.5) is 19.0 Å². The van der Waals surface area contributed by atoms with Crippen molar-refractivity contribution in [1.82, 2.24) is 10.3 Å². The number of nitrogens with zero attached hydrogens (tertiary/aromatic N) is 1. The number of Topliss-reactive ketones (excluding diaryl/α,β-unsaturated/α-hetero) is 1. The van der Waals surface area contributed by atoms with Gasteiger partial charge in [0.25, 0.3) is 0 Å². The van der Waals surface area contributed by atoms with Crippen molar-refractivity contribution < 1.29 is 27.5 Å². The molecular weight excluding hydrogens is 411 g/mol. The van der Waals surface area contributed by atoms with E-state index in [1.807, 2.05) is 0 Å². The number of aryl methyl sites for hydroxylation is 1. The van der Waals surface area contributed by atoms with E-state index < -0.39 is 41.6 Å². The first kappa shape index (κ1) is 22.6. The summed E-state index contributed by atoms with van der Waals surface area (Å²) in [5.41, 5.74) is 6.06. The summed E-state index contributed by atoms with van der Waals surface area (Å²) in [6, 6.07) is 2.93. The predicted molar refractivity (Wildman–Crippen MR) is 108 cm³/mol. The summed E-state index contributed by atoms with van der Waals surface area (Å²) in [4.78, 5) is 29.3. The van der Waals surface area contributed by atoms with Gasteiger partial charge in [-0.25, -0.2) is 13.8 Å². The average molecular weight is 435 g/mol. The second-order valence-corrected chi connectivity index (χ2v) is 7.73. The van der Waals surface area contributed by atoms with Gasteiger partial charge in [-0.1, -0.05) is 18.9 Å². The molecule has 0 spiro atoms. The molecule has 1 amide bonds. The van der Waals surface area contributed by atoms with Gasteiger partial charge >= 0.3 is 0 Å². The molecule has 3 N–H and O–H groups in total. The first-order chi connectivity index (χ1) is 14.8. The summed E-state index contributed by atoms with van der Waals surface area (Å²) < 4.78 is 46.7. The number of carbonyl (C=O) groups is 2. The normalized spacial score (nSPS) is 15.0. The van der Waals surface area contributed by atoms with Gasteiger partial charge in [0, 0.05) is 18.5 Å². The topological polar surface area (TPSA) is 94.3 Å². The highest BCUT2D eigenvalue weighted by atomic mass is 19.2. The van der Waals surface area contributed by atoms with Crippen molar-refractivity contribution in [1.29, 1.82) is 0 Å². The Morgan fingerprint density at radius 2 is 1.94 bits per heavy atom. The number of hydrogen-bond acceptors (Lipinski definition) is 5. The molecule has 166 valence electrons. The van der Waals surface area contributed by atoms with Gasteiger partial charge in [0.1, 0.15) is 12.4 Å². The van der Waals surface area contributed by atoms with Crippen LogP contribution in [0, 0.1) is 30.3 Å². The minimum absolute atomic E-state index is 0.0983. The van der Waals surface area contributed by atoms with Crippen LogP contribution in [0.25, 0.3) is 0 Å². The summed E-state index contributed by atoms with van der Waals surface area (Å²) >= 11 is 0. The van der Waals surface area contributed by atoms with E-state index in [1.54, 1.807) is 12.1 Å². The van der Waals surface area contributed by atoms with Gasteiger partial charge < -0.3 is 15.8 Å². The molecule has 1 fully saturated rings. The number of hydrogen-bond donors (Lipinski definition) is 2. The Hall–Kier alpha value is -3.10. The number of nitrogens with two attached hydrogens (primary N) is 1. The number of carbonyl (C=O) groups excluding carboxylic acids is 2. The Bertz CT molecular complexity index is 934. The highest BCUT2D eigenvalue weighted by Crippen LogP contribution is 2.27. The van der Waals surface area contributed by atoms with E-state index in [9.17, 15) is 22.8 Å². The van der Waals surface area contributed by atoms with Gasteiger partial charge in [-0.3, -0.25) is 9.59 Å². The Balaban J connectivity index is 1.75. The number of nitrogens with one attached hydrogen (secondary N) is 1. The van der Waals surface area contributed by atoms with Crippen molar-refractivity contribution in [2.75, 3.05) is 12.3 Å². The number of amides is 1. The molecule has 1 unspecified atom stereocenters. The SMILES string of the molecule is Cc1cc(F)c(F)c(OCC(=O)C(Cc2ccc(N)nc2)NC(=O)C2CCCC2)c1F. The average Bonchev–Trinajstić information content (AvgIpc) is 3.28. The number of anilines is 1. The number of ketones is 1. The first-order valence-electron chi connectivity index (χ1n) is 10.1.